The van der Waals surface area contributed by atoms with Crippen LogP contribution >= 0.6 is 19.9 Å². The van der Waals surface area contributed by atoms with Crippen LogP contribution in [0.4, 0.5) is 0 Å². The lowest BCUT2D eigenvalue weighted by Crippen LogP contribution is -2.27. The van der Waals surface area contributed by atoms with Gasteiger partial charge in [0, 0.05) is 19.1 Å². The van der Waals surface area contributed by atoms with Gasteiger partial charge in [-0.05, 0) is 6.42 Å². The van der Waals surface area contributed by atoms with Gasteiger partial charge in [0.2, 0.25) is 11.8 Å². The average Bonchev–Trinajstić information content (AvgIpc) is 2.44. The van der Waals surface area contributed by atoms with Crippen molar-refractivity contribution in [1.82, 2.24) is 4.67 Å². The third-order valence-electron chi connectivity index (χ3n) is 2.17. The Kier molecular flexibility index (Phi) is 4.63. The number of rotatable bonds is 5. The number of primary amides is 1. The predicted octanol–water partition coefficient (Wildman–Crippen LogP) is -0.456. The number of hydrogen-bond acceptors (Lipinski definition) is 5. The minimum atomic E-state index is -2.02. The summed E-state index contributed by atoms with van der Waals surface area (Å²) in [7, 11) is -2.02. The molecule has 0 saturated carbocycles. The highest BCUT2D eigenvalue weighted by atomic mass is 32.2. The van der Waals surface area contributed by atoms with Gasteiger partial charge in [-0.2, -0.15) is 0 Å². The van der Waals surface area contributed by atoms with Gasteiger partial charge in [-0.25, -0.2) is 0 Å². The number of hydrogen-bond donors (Lipinski definition) is 2. The van der Waals surface area contributed by atoms with Gasteiger partial charge >= 0.3 is 0 Å². The van der Waals surface area contributed by atoms with Gasteiger partial charge in [0.05, 0.1) is 0 Å². The molecule has 15 heavy (non-hydrogen) atoms. The van der Waals surface area contributed by atoms with Gasteiger partial charge in [-0.3, -0.25) is 19.4 Å². The molecule has 0 bridgehead atoms. The van der Waals surface area contributed by atoms with Gasteiger partial charge < -0.3 is 10.3 Å². The van der Waals surface area contributed by atoms with E-state index in [4.69, 9.17) is 10.9 Å². The van der Waals surface area contributed by atoms with Gasteiger partial charge in [-0.1, -0.05) is 11.9 Å². The van der Waals surface area contributed by atoms with Crippen LogP contribution in [-0.4, -0.2) is 34.4 Å². The Balaban J connectivity index is 2.44. The summed E-state index contributed by atoms with van der Waals surface area (Å²) in [6.07, 6.45) is 1.00. The molecule has 8 heteroatoms. The summed E-state index contributed by atoms with van der Waals surface area (Å²) in [6, 6.07) is 0. The van der Waals surface area contributed by atoms with E-state index in [-0.39, 0.29) is 17.6 Å². The second kappa shape index (κ2) is 5.53. The fraction of sp³-hybridized carbons (Fsp3) is 0.714. The van der Waals surface area contributed by atoms with Gasteiger partial charge in [-0.15, -0.1) is 0 Å². The smallest absolute Gasteiger partial charge is 0.242 e. The third kappa shape index (κ3) is 3.22. The summed E-state index contributed by atoms with van der Waals surface area (Å²) < 4.78 is 12.9. The zero-order valence-corrected chi connectivity index (χ0v) is 9.96. The first-order valence-electron chi connectivity index (χ1n) is 4.54. The van der Waals surface area contributed by atoms with Gasteiger partial charge in [0.15, 0.2) is 7.95 Å². The molecular formula is C7H14N3O3PS. The van der Waals surface area contributed by atoms with Crippen molar-refractivity contribution in [1.29, 1.82) is 0 Å². The Labute approximate surface area is 92.7 Å². The maximum absolute atomic E-state index is 11.6. The third-order valence-corrected chi connectivity index (χ3v) is 4.97. The Morgan fingerprint density at radius 1 is 1.67 bits per heavy atom. The van der Waals surface area contributed by atoms with Crippen molar-refractivity contribution in [3.8, 4) is 0 Å². The second-order valence-corrected chi connectivity index (χ2v) is 5.86. The van der Waals surface area contributed by atoms with Crippen LogP contribution in [0.1, 0.15) is 12.8 Å². The van der Waals surface area contributed by atoms with E-state index in [1.807, 2.05) is 0 Å². The number of carbonyl (C=O) groups excluding carboxylic acids is 2. The molecule has 0 aromatic carbocycles. The van der Waals surface area contributed by atoms with E-state index in [0.29, 0.717) is 19.1 Å². The maximum Gasteiger partial charge on any atom is 0.242 e. The van der Waals surface area contributed by atoms with Crippen LogP contribution in [0.5, 0.6) is 0 Å². The molecule has 2 amide bonds. The average molecular weight is 251 g/mol. The van der Waals surface area contributed by atoms with Crippen LogP contribution < -0.4 is 10.9 Å². The van der Waals surface area contributed by atoms with Crippen molar-refractivity contribution >= 4 is 31.7 Å². The van der Waals surface area contributed by atoms with Crippen molar-refractivity contribution in [2.24, 2.45) is 10.9 Å². The zero-order valence-electron chi connectivity index (χ0n) is 8.14. The lowest BCUT2D eigenvalue weighted by Gasteiger charge is -2.14. The van der Waals surface area contributed by atoms with E-state index in [1.54, 1.807) is 0 Å². The molecule has 2 atom stereocenters. The first kappa shape index (κ1) is 12.5. The van der Waals surface area contributed by atoms with E-state index in [2.05, 4.69) is 0 Å². The fourth-order valence-corrected chi connectivity index (χ4v) is 4.08. The number of amides is 2. The normalized spacial score (nSPS) is 25.9. The predicted molar refractivity (Wildman–Crippen MR) is 59.6 cm³/mol. The molecule has 1 aliphatic heterocycles. The van der Waals surface area contributed by atoms with E-state index < -0.39 is 13.9 Å². The fourth-order valence-electron chi connectivity index (χ4n) is 1.41. The minimum Gasteiger partial charge on any atom is -0.370 e. The standard InChI is InChI=1S/C7H14N3O3PS/c8-6(11)2-1-3-10-7(12)5(15-9)4-14(10)13/h5,14H,1-4,9H2,(H2,8,11). The number of nitrogens with zero attached hydrogens (tertiary/aromatic N) is 1. The zero-order chi connectivity index (χ0) is 11.4. The van der Waals surface area contributed by atoms with E-state index in [0.717, 1.165) is 11.9 Å². The van der Waals surface area contributed by atoms with E-state index in [1.165, 1.54) is 4.67 Å². The summed E-state index contributed by atoms with van der Waals surface area (Å²) in [5.41, 5.74) is 4.96. The summed E-state index contributed by atoms with van der Waals surface area (Å²) in [5.74, 6) is -0.595. The molecule has 0 radical (unpaired) electrons. The molecule has 1 fully saturated rings. The minimum absolute atomic E-state index is 0.184. The van der Waals surface area contributed by atoms with Gasteiger partial charge in [0.25, 0.3) is 0 Å². The Morgan fingerprint density at radius 2 is 2.33 bits per heavy atom. The van der Waals surface area contributed by atoms with Crippen molar-refractivity contribution < 1.29 is 14.2 Å². The van der Waals surface area contributed by atoms with Crippen LogP contribution in [0.2, 0.25) is 0 Å². The second-order valence-electron chi connectivity index (χ2n) is 3.28. The Bertz CT molecular complexity index is 299. The molecule has 86 valence electrons. The summed E-state index contributed by atoms with van der Waals surface area (Å²) in [6.45, 7) is 0.330. The summed E-state index contributed by atoms with van der Waals surface area (Å²) >= 11 is 0.930. The van der Waals surface area contributed by atoms with Crippen molar-refractivity contribution in [2.75, 3.05) is 12.7 Å². The lowest BCUT2D eigenvalue weighted by molar-refractivity contribution is -0.125. The van der Waals surface area contributed by atoms with Crippen LogP contribution in [0.15, 0.2) is 0 Å². The number of nitrogens with two attached hydrogens (primary N) is 2. The molecular weight excluding hydrogens is 237 g/mol. The quantitative estimate of drug-likeness (QED) is 0.508. The highest BCUT2D eigenvalue weighted by Gasteiger charge is 2.36. The highest BCUT2D eigenvalue weighted by molar-refractivity contribution is 7.98. The van der Waals surface area contributed by atoms with Crippen molar-refractivity contribution in [2.45, 2.75) is 18.1 Å². The van der Waals surface area contributed by atoms with Gasteiger partial charge in [0.1, 0.15) is 5.25 Å². The van der Waals surface area contributed by atoms with Crippen molar-refractivity contribution in [3.05, 3.63) is 0 Å². The van der Waals surface area contributed by atoms with Crippen LogP contribution in [-0.2, 0) is 14.2 Å². The molecule has 2 unspecified atom stereocenters. The first-order valence-corrected chi connectivity index (χ1v) is 7.05. The highest BCUT2D eigenvalue weighted by Crippen LogP contribution is 2.39. The molecule has 0 aromatic rings. The summed E-state index contributed by atoms with van der Waals surface area (Å²) in [4.78, 5) is 22.0. The lowest BCUT2D eigenvalue weighted by atomic mass is 10.3. The van der Waals surface area contributed by atoms with Crippen LogP contribution in [0.25, 0.3) is 0 Å². The maximum atomic E-state index is 11.6. The van der Waals surface area contributed by atoms with E-state index in [9.17, 15) is 14.2 Å². The molecule has 1 aliphatic rings. The monoisotopic (exact) mass is 251 g/mol. The molecule has 4 N–H and O–H groups in total. The topological polar surface area (TPSA) is 106 Å². The molecule has 1 saturated heterocycles. The number of carbonyl (C=O) groups is 2. The molecule has 0 spiro atoms. The van der Waals surface area contributed by atoms with Crippen LogP contribution in [0.3, 0.4) is 0 Å². The largest absolute Gasteiger partial charge is 0.370 e. The molecule has 1 heterocycles. The van der Waals surface area contributed by atoms with Crippen LogP contribution in [0, 0.1) is 0 Å². The summed E-state index contributed by atoms with van der Waals surface area (Å²) in [5, 5.41) is 4.91. The molecule has 0 aliphatic carbocycles. The van der Waals surface area contributed by atoms with Crippen molar-refractivity contribution in [3.63, 3.8) is 0 Å². The molecule has 6 nitrogen and oxygen atoms in total. The SMILES string of the molecule is NSC1C[PH](=O)N(CCCC(N)=O)C1=O. The molecule has 1 rings (SSSR count). The molecule has 0 aromatic heterocycles. The van der Waals surface area contributed by atoms with E-state index >= 15 is 0 Å². The Hall–Kier alpha value is -0.520. The first-order chi connectivity index (χ1) is 7.06. The Morgan fingerprint density at radius 3 is 2.80 bits per heavy atom.